The highest BCUT2D eigenvalue weighted by atomic mass is 127. The first-order valence-corrected chi connectivity index (χ1v) is 8.67. The minimum Gasteiger partial charge on any atom is -0.290 e. The van der Waals surface area contributed by atoms with E-state index in [0.29, 0.717) is 6.17 Å². The number of rotatable bonds is 8. The highest BCUT2D eigenvalue weighted by Crippen LogP contribution is 2.21. The SMILES string of the molecule is CC1N(C)CC(CCCCCCCCI)N1C. The second-order valence-corrected chi connectivity index (χ2v) is 6.57. The summed E-state index contributed by atoms with van der Waals surface area (Å²) < 4.78 is 1.33. The van der Waals surface area contributed by atoms with E-state index in [2.05, 4.69) is 53.4 Å². The van der Waals surface area contributed by atoms with E-state index in [9.17, 15) is 0 Å². The summed E-state index contributed by atoms with van der Waals surface area (Å²) in [6.07, 6.45) is 10.6. The summed E-state index contributed by atoms with van der Waals surface area (Å²) in [5.41, 5.74) is 0. The Morgan fingerprint density at radius 2 is 1.59 bits per heavy atom. The van der Waals surface area contributed by atoms with Crippen molar-refractivity contribution < 1.29 is 0 Å². The minimum absolute atomic E-state index is 0.628. The molecule has 0 bridgehead atoms. The molecule has 1 fully saturated rings. The van der Waals surface area contributed by atoms with Crippen LogP contribution in [0.25, 0.3) is 0 Å². The number of unbranched alkanes of at least 4 members (excludes halogenated alkanes) is 5. The van der Waals surface area contributed by atoms with Crippen molar-refractivity contribution in [1.82, 2.24) is 9.80 Å². The second-order valence-electron chi connectivity index (χ2n) is 5.49. The molecule has 0 aliphatic carbocycles. The van der Waals surface area contributed by atoms with Gasteiger partial charge in [0.2, 0.25) is 0 Å². The van der Waals surface area contributed by atoms with Gasteiger partial charge in [0.05, 0.1) is 6.17 Å². The molecule has 0 aromatic carbocycles. The Kier molecular flexibility index (Phi) is 8.04. The van der Waals surface area contributed by atoms with Gasteiger partial charge < -0.3 is 0 Å². The summed E-state index contributed by atoms with van der Waals surface area (Å²) in [5.74, 6) is 0. The van der Waals surface area contributed by atoms with Crippen molar-refractivity contribution in [3.05, 3.63) is 0 Å². The first-order chi connectivity index (χ1) is 8.16. The van der Waals surface area contributed by atoms with Crippen LogP contribution in [0.1, 0.15) is 51.9 Å². The summed E-state index contributed by atoms with van der Waals surface area (Å²) >= 11 is 2.48. The van der Waals surface area contributed by atoms with E-state index in [4.69, 9.17) is 0 Å². The van der Waals surface area contributed by atoms with Crippen LogP contribution in [-0.4, -0.2) is 47.1 Å². The monoisotopic (exact) mass is 352 g/mol. The van der Waals surface area contributed by atoms with E-state index in [-0.39, 0.29) is 0 Å². The molecule has 1 heterocycles. The first kappa shape index (κ1) is 15.7. The predicted molar refractivity (Wildman–Crippen MR) is 84.8 cm³/mol. The third-order valence-corrected chi connectivity index (χ3v) is 4.99. The van der Waals surface area contributed by atoms with Crippen LogP contribution in [0, 0.1) is 0 Å². The van der Waals surface area contributed by atoms with E-state index < -0.39 is 0 Å². The van der Waals surface area contributed by atoms with Crippen molar-refractivity contribution in [2.24, 2.45) is 0 Å². The molecular weight excluding hydrogens is 323 g/mol. The predicted octanol–water partition coefficient (Wildman–Crippen LogP) is 3.74. The fourth-order valence-electron chi connectivity index (χ4n) is 2.71. The van der Waals surface area contributed by atoms with Crippen LogP contribution in [0.5, 0.6) is 0 Å². The van der Waals surface area contributed by atoms with Gasteiger partial charge in [0.15, 0.2) is 0 Å². The molecule has 0 spiro atoms. The van der Waals surface area contributed by atoms with Gasteiger partial charge in [-0.1, -0.05) is 54.7 Å². The lowest BCUT2D eigenvalue weighted by molar-refractivity contribution is 0.183. The van der Waals surface area contributed by atoms with Crippen LogP contribution >= 0.6 is 22.6 Å². The summed E-state index contributed by atoms with van der Waals surface area (Å²) in [4.78, 5) is 5.00. The van der Waals surface area contributed by atoms with Gasteiger partial charge in [0, 0.05) is 12.6 Å². The third kappa shape index (κ3) is 5.43. The van der Waals surface area contributed by atoms with Crippen LogP contribution < -0.4 is 0 Å². The molecule has 0 amide bonds. The summed E-state index contributed by atoms with van der Waals surface area (Å²) in [5, 5.41) is 0. The Hall–Kier alpha value is 0.650. The summed E-state index contributed by atoms with van der Waals surface area (Å²) in [7, 11) is 4.52. The van der Waals surface area contributed by atoms with Crippen molar-refractivity contribution in [3.63, 3.8) is 0 Å². The van der Waals surface area contributed by atoms with Crippen LogP contribution in [0.3, 0.4) is 0 Å². The molecule has 1 rings (SSSR count). The molecule has 2 unspecified atom stereocenters. The van der Waals surface area contributed by atoms with Gasteiger partial charge in [0.1, 0.15) is 0 Å². The Balaban J connectivity index is 2.00. The highest BCUT2D eigenvalue weighted by Gasteiger charge is 2.30. The Morgan fingerprint density at radius 1 is 1.00 bits per heavy atom. The molecule has 0 N–H and O–H groups in total. The molecule has 17 heavy (non-hydrogen) atoms. The normalized spacial score (nSPS) is 26.8. The molecule has 1 aliphatic heterocycles. The van der Waals surface area contributed by atoms with E-state index in [0.717, 1.165) is 6.04 Å². The maximum absolute atomic E-state index is 2.54. The fraction of sp³-hybridized carbons (Fsp3) is 1.00. The molecule has 102 valence electrons. The van der Waals surface area contributed by atoms with Crippen molar-refractivity contribution in [2.45, 2.75) is 64.1 Å². The fourth-order valence-corrected chi connectivity index (χ4v) is 3.25. The maximum atomic E-state index is 2.54. The second kappa shape index (κ2) is 8.70. The standard InChI is InChI=1S/C14H29IN2/c1-13-16(2)12-14(17(13)3)10-8-6-4-5-7-9-11-15/h13-14H,4-12H2,1-3H3. The lowest BCUT2D eigenvalue weighted by atomic mass is 10.1. The summed E-state index contributed by atoms with van der Waals surface area (Å²) in [6.45, 7) is 3.57. The number of hydrogen-bond acceptors (Lipinski definition) is 2. The lowest BCUT2D eigenvalue weighted by Gasteiger charge is -2.23. The Bertz CT molecular complexity index is 199. The molecule has 0 aromatic rings. The molecular formula is C14H29IN2. The molecule has 0 saturated carbocycles. The number of hydrogen-bond donors (Lipinski definition) is 0. The Morgan fingerprint density at radius 3 is 2.12 bits per heavy atom. The molecule has 0 aromatic heterocycles. The van der Waals surface area contributed by atoms with Gasteiger partial charge in [-0.25, -0.2) is 0 Å². The van der Waals surface area contributed by atoms with E-state index in [1.807, 2.05) is 0 Å². The average molecular weight is 352 g/mol. The van der Waals surface area contributed by atoms with Crippen molar-refractivity contribution in [3.8, 4) is 0 Å². The smallest absolute Gasteiger partial charge is 0.0591 e. The first-order valence-electron chi connectivity index (χ1n) is 7.15. The topological polar surface area (TPSA) is 6.48 Å². The number of likely N-dealkylation sites (N-methyl/N-ethyl adjacent to an activating group) is 2. The maximum Gasteiger partial charge on any atom is 0.0591 e. The minimum atomic E-state index is 0.628. The zero-order valence-electron chi connectivity index (χ0n) is 11.8. The largest absolute Gasteiger partial charge is 0.290 e. The van der Waals surface area contributed by atoms with Crippen molar-refractivity contribution >= 4 is 22.6 Å². The highest BCUT2D eigenvalue weighted by molar-refractivity contribution is 14.1. The van der Waals surface area contributed by atoms with Crippen LogP contribution in [-0.2, 0) is 0 Å². The molecule has 1 saturated heterocycles. The van der Waals surface area contributed by atoms with Gasteiger partial charge in [-0.15, -0.1) is 0 Å². The van der Waals surface area contributed by atoms with E-state index in [1.54, 1.807) is 0 Å². The lowest BCUT2D eigenvalue weighted by Crippen LogP contribution is -2.33. The van der Waals surface area contributed by atoms with Crippen LogP contribution in [0.15, 0.2) is 0 Å². The molecule has 2 nitrogen and oxygen atoms in total. The van der Waals surface area contributed by atoms with Gasteiger partial charge in [-0.2, -0.15) is 0 Å². The van der Waals surface area contributed by atoms with Gasteiger partial charge in [-0.3, -0.25) is 9.80 Å². The van der Waals surface area contributed by atoms with Gasteiger partial charge >= 0.3 is 0 Å². The van der Waals surface area contributed by atoms with Gasteiger partial charge in [0.25, 0.3) is 0 Å². The Labute approximate surface area is 121 Å². The van der Waals surface area contributed by atoms with Crippen molar-refractivity contribution in [1.29, 1.82) is 0 Å². The quantitative estimate of drug-likeness (QED) is 0.373. The average Bonchev–Trinajstić information content (AvgIpc) is 2.56. The van der Waals surface area contributed by atoms with Crippen molar-refractivity contribution in [2.75, 3.05) is 25.1 Å². The van der Waals surface area contributed by atoms with E-state index >= 15 is 0 Å². The van der Waals surface area contributed by atoms with Crippen LogP contribution in [0.4, 0.5) is 0 Å². The molecule has 3 heteroatoms. The number of halogens is 1. The number of alkyl halides is 1. The van der Waals surface area contributed by atoms with Gasteiger partial charge in [-0.05, 0) is 38.3 Å². The van der Waals surface area contributed by atoms with Crippen LogP contribution in [0.2, 0.25) is 0 Å². The summed E-state index contributed by atoms with van der Waals surface area (Å²) in [6, 6.07) is 0.796. The van der Waals surface area contributed by atoms with E-state index in [1.165, 1.54) is 55.9 Å². The third-order valence-electron chi connectivity index (χ3n) is 4.22. The molecule has 2 atom stereocenters. The molecule has 0 radical (unpaired) electrons. The zero-order valence-corrected chi connectivity index (χ0v) is 13.9. The molecule has 1 aliphatic rings. The number of nitrogens with zero attached hydrogens (tertiary/aromatic N) is 2. The zero-order chi connectivity index (χ0) is 12.7.